The largest absolute Gasteiger partial charge is 0.407 e. The minimum absolute atomic E-state index is 0.00181. The molecule has 0 radical (unpaired) electrons. The van der Waals surface area contributed by atoms with Crippen LogP contribution >= 0.6 is 0 Å². The first-order valence-electron chi connectivity index (χ1n) is 11.1. The lowest BCUT2D eigenvalue weighted by Crippen LogP contribution is -2.54. The lowest BCUT2D eigenvalue weighted by atomic mass is 9.98. The second-order valence-electron chi connectivity index (χ2n) is 9.36. The first kappa shape index (κ1) is 28.0. The molecule has 1 amide bonds. The average molecular weight is 535 g/mol. The smallest absolute Gasteiger partial charge is 0.382 e. The Balaban J connectivity index is 1.84. The van der Waals surface area contributed by atoms with E-state index in [0.717, 1.165) is 6.26 Å². The molecule has 3 rings (SSSR count). The van der Waals surface area contributed by atoms with E-state index in [-0.39, 0.29) is 11.1 Å². The summed E-state index contributed by atoms with van der Waals surface area (Å²) in [5, 5.41) is 14.3. The standard InChI is InChI=1S/C24H27F5N2O4S/c1-23(11-12-23)31-22(33)18(13-36(2,34)35)30-20(24(27,28)29)17-9-5-15(6-10-17)14-3-7-16(8-4-14)19(32)21(25)26/h3-10,18-21,30,32H,11-13H2,1-2H3,(H,31,33)/t18-,19+,20-/m0/s1. The molecule has 1 aliphatic carbocycles. The Labute approximate surface area is 205 Å². The monoisotopic (exact) mass is 534 g/mol. The van der Waals surface area contributed by atoms with Gasteiger partial charge in [-0.3, -0.25) is 10.1 Å². The molecule has 2 aromatic carbocycles. The van der Waals surface area contributed by atoms with Crippen LogP contribution < -0.4 is 10.6 Å². The summed E-state index contributed by atoms with van der Waals surface area (Å²) in [5.41, 5.74) is 0.229. The van der Waals surface area contributed by atoms with Gasteiger partial charge in [0.15, 0.2) is 0 Å². The molecule has 3 N–H and O–H groups in total. The van der Waals surface area contributed by atoms with Crippen LogP contribution in [0.15, 0.2) is 48.5 Å². The number of benzene rings is 2. The molecule has 12 heteroatoms. The zero-order valence-electron chi connectivity index (χ0n) is 19.5. The molecule has 3 atom stereocenters. The fourth-order valence-corrected chi connectivity index (χ4v) is 4.52. The minimum atomic E-state index is -4.84. The summed E-state index contributed by atoms with van der Waals surface area (Å²) >= 11 is 0. The lowest BCUT2D eigenvalue weighted by Gasteiger charge is -2.28. The molecule has 0 heterocycles. The number of rotatable bonds is 10. The number of halogens is 5. The number of aliphatic hydroxyl groups excluding tert-OH is 1. The number of hydrogen-bond acceptors (Lipinski definition) is 5. The number of carbonyl (C=O) groups is 1. The zero-order valence-corrected chi connectivity index (χ0v) is 20.3. The molecule has 0 aromatic heterocycles. The number of amides is 1. The molecular formula is C24H27F5N2O4S. The van der Waals surface area contributed by atoms with Crippen molar-refractivity contribution in [3.8, 4) is 11.1 Å². The summed E-state index contributed by atoms with van der Waals surface area (Å²) in [6, 6.07) is 6.75. The molecule has 0 unspecified atom stereocenters. The van der Waals surface area contributed by atoms with Crippen molar-refractivity contribution in [2.75, 3.05) is 12.0 Å². The van der Waals surface area contributed by atoms with Crippen molar-refractivity contribution in [2.45, 2.75) is 56.1 Å². The normalized spacial score (nSPS) is 17.9. The van der Waals surface area contributed by atoms with E-state index in [0.29, 0.717) is 24.0 Å². The van der Waals surface area contributed by atoms with Gasteiger partial charge in [-0.1, -0.05) is 48.5 Å². The number of aliphatic hydroxyl groups is 1. The maximum Gasteiger partial charge on any atom is 0.407 e. The predicted molar refractivity (Wildman–Crippen MR) is 124 cm³/mol. The van der Waals surface area contributed by atoms with Gasteiger partial charge in [0.2, 0.25) is 5.91 Å². The maximum atomic E-state index is 14.0. The molecule has 1 saturated carbocycles. The van der Waals surface area contributed by atoms with Gasteiger partial charge in [0.1, 0.15) is 28.0 Å². The predicted octanol–water partition coefficient (Wildman–Crippen LogP) is 3.93. The van der Waals surface area contributed by atoms with E-state index in [9.17, 15) is 40.3 Å². The van der Waals surface area contributed by atoms with Crippen molar-refractivity contribution in [1.29, 1.82) is 0 Å². The Morgan fingerprint density at radius 1 is 1.00 bits per heavy atom. The van der Waals surface area contributed by atoms with Crippen LogP contribution in [0.1, 0.15) is 43.0 Å². The van der Waals surface area contributed by atoms with E-state index >= 15 is 0 Å². The van der Waals surface area contributed by atoms with Crippen molar-refractivity contribution in [3.05, 3.63) is 59.7 Å². The number of nitrogens with one attached hydrogen (secondary N) is 2. The highest BCUT2D eigenvalue weighted by Crippen LogP contribution is 2.36. The number of hydrogen-bond donors (Lipinski definition) is 3. The highest BCUT2D eigenvalue weighted by Gasteiger charge is 2.45. The quantitative estimate of drug-likeness (QED) is 0.402. The van der Waals surface area contributed by atoms with Crippen LogP contribution in [0.5, 0.6) is 0 Å². The Morgan fingerprint density at radius 3 is 1.86 bits per heavy atom. The minimum Gasteiger partial charge on any atom is -0.382 e. The Hall–Kier alpha value is -2.57. The molecule has 0 aliphatic heterocycles. The van der Waals surface area contributed by atoms with E-state index in [1.165, 1.54) is 48.5 Å². The highest BCUT2D eigenvalue weighted by molar-refractivity contribution is 7.90. The molecule has 1 fully saturated rings. The van der Waals surface area contributed by atoms with Crippen LogP contribution in [-0.4, -0.2) is 55.6 Å². The Kier molecular flexibility index (Phi) is 8.11. The molecule has 1 aliphatic rings. The number of alkyl halides is 5. The van der Waals surface area contributed by atoms with Crippen molar-refractivity contribution in [2.24, 2.45) is 0 Å². The second kappa shape index (κ2) is 10.4. The van der Waals surface area contributed by atoms with Crippen LogP contribution in [-0.2, 0) is 14.6 Å². The summed E-state index contributed by atoms with van der Waals surface area (Å²) in [6.45, 7) is 1.73. The van der Waals surface area contributed by atoms with Crippen molar-refractivity contribution in [1.82, 2.24) is 10.6 Å². The van der Waals surface area contributed by atoms with Crippen LogP contribution in [0, 0.1) is 0 Å². The Bertz CT molecular complexity index is 1160. The first-order chi connectivity index (χ1) is 16.6. The van der Waals surface area contributed by atoms with Gasteiger partial charge in [-0.05, 0) is 42.0 Å². The molecule has 0 bridgehead atoms. The summed E-state index contributed by atoms with van der Waals surface area (Å²) < 4.78 is 91.0. The van der Waals surface area contributed by atoms with Crippen molar-refractivity contribution in [3.63, 3.8) is 0 Å². The van der Waals surface area contributed by atoms with E-state index in [1.54, 1.807) is 6.92 Å². The third-order valence-corrected chi connectivity index (χ3v) is 6.91. The molecule has 6 nitrogen and oxygen atoms in total. The van der Waals surface area contributed by atoms with Gasteiger partial charge in [-0.15, -0.1) is 0 Å². The van der Waals surface area contributed by atoms with Crippen molar-refractivity contribution >= 4 is 15.7 Å². The third kappa shape index (κ3) is 7.47. The molecule has 0 spiro atoms. The van der Waals surface area contributed by atoms with E-state index < -0.39 is 57.8 Å². The van der Waals surface area contributed by atoms with E-state index in [4.69, 9.17) is 0 Å². The molecule has 36 heavy (non-hydrogen) atoms. The highest BCUT2D eigenvalue weighted by atomic mass is 32.2. The van der Waals surface area contributed by atoms with Gasteiger partial charge in [0.25, 0.3) is 6.43 Å². The lowest BCUT2D eigenvalue weighted by molar-refractivity contribution is -0.160. The van der Waals surface area contributed by atoms with Crippen molar-refractivity contribution < 1.29 is 40.3 Å². The van der Waals surface area contributed by atoms with Gasteiger partial charge in [0.05, 0.1) is 5.75 Å². The second-order valence-corrected chi connectivity index (χ2v) is 11.5. The van der Waals surface area contributed by atoms with E-state index in [1.807, 2.05) is 0 Å². The first-order valence-corrected chi connectivity index (χ1v) is 13.1. The van der Waals surface area contributed by atoms with Gasteiger partial charge in [0, 0.05) is 11.8 Å². The van der Waals surface area contributed by atoms with Crippen LogP contribution in [0.25, 0.3) is 11.1 Å². The molecular weight excluding hydrogens is 507 g/mol. The zero-order chi connectivity index (χ0) is 26.9. The average Bonchev–Trinajstić information content (AvgIpc) is 3.51. The number of carbonyl (C=O) groups excluding carboxylic acids is 1. The van der Waals surface area contributed by atoms with Gasteiger partial charge >= 0.3 is 6.18 Å². The van der Waals surface area contributed by atoms with Crippen LogP contribution in [0.2, 0.25) is 0 Å². The maximum absolute atomic E-state index is 14.0. The van der Waals surface area contributed by atoms with Gasteiger partial charge in [-0.25, -0.2) is 17.2 Å². The van der Waals surface area contributed by atoms with E-state index in [2.05, 4.69) is 10.6 Å². The summed E-state index contributed by atoms with van der Waals surface area (Å²) in [7, 11) is -3.79. The molecule has 2 aromatic rings. The van der Waals surface area contributed by atoms with Crippen LogP contribution in [0.3, 0.4) is 0 Å². The molecule has 0 saturated heterocycles. The summed E-state index contributed by atoms with van der Waals surface area (Å²) in [6.07, 6.45) is -7.60. The SMILES string of the molecule is CC1(NC(=O)[C@H](CS(C)(=O)=O)N[C@@H](c2ccc(-c3ccc([C@@H](O)C(F)F)cc3)cc2)C(F)(F)F)CC1. The summed E-state index contributed by atoms with van der Waals surface area (Å²) in [5.74, 6) is -1.63. The summed E-state index contributed by atoms with van der Waals surface area (Å²) in [4.78, 5) is 12.7. The Morgan fingerprint density at radius 2 is 1.47 bits per heavy atom. The van der Waals surface area contributed by atoms with Gasteiger partial charge < -0.3 is 10.4 Å². The number of sulfone groups is 1. The fraction of sp³-hybridized carbons (Fsp3) is 0.458. The fourth-order valence-electron chi connectivity index (χ4n) is 3.67. The third-order valence-electron chi connectivity index (χ3n) is 5.97. The van der Waals surface area contributed by atoms with Crippen LogP contribution in [0.4, 0.5) is 22.0 Å². The topological polar surface area (TPSA) is 95.5 Å². The van der Waals surface area contributed by atoms with Gasteiger partial charge in [-0.2, -0.15) is 13.2 Å². The molecule has 198 valence electrons.